The van der Waals surface area contributed by atoms with E-state index in [9.17, 15) is 0 Å². The van der Waals surface area contributed by atoms with E-state index >= 15 is 0 Å². The molecule has 0 aliphatic rings. The van der Waals surface area contributed by atoms with Crippen molar-refractivity contribution in [3.63, 3.8) is 0 Å². The molecule has 66 valence electrons. The van der Waals surface area contributed by atoms with Gasteiger partial charge in [-0.1, -0.05) is 59.3 Å². The Hall–Kier alpha value is 0. The van der Waals surface area contributed by atoms with Gasteiger partial charge in [-0.2, -0.15) is 0 Å². The summed E-state index contributed by atoms with van der Waals surface area (Å²) in [6, 6.07) is 0. The maximum absolute atomic E-state index is 3.86. The lowest BCUT2D eigenvalue weighted by Crippen LogP contribution is -1.93. The van der Waals surface area contributed by atoms with Gasteiger partial charge in [0.05, 0.1) is 0 Å². The number of hydrogen-bond donors (Lipinski definition) is 0. The molecule has 0 heteroatoms. The lowest BCUT2D eigenvalue weighted by atomic mass is 9.98. The Morgan fingerprint density at radius 1 is 1.36 bits per heavy atom. The minimum Gasteiger partial charge on any atom is -0.0651 e. The Bertz CT molecular complexity index is 66.4. The summed E-state index contributed by atoms with van der Waals surface area (Å²) in [5.41, 5.74) is 0. The van der Waals surface area contributed by atoms with Crippen LogP contribution in [0.3, 0.4) is 0 Å². The standard InChI is InChI=1S/C11H22/c1-4-6-7-8-10-11(3)9-5-2/h6,11H,2,4-5,7-10H2,1,3H3. The van der Waals surface area contributed by atoms with E-state index in [1.165, 1.54) is 32.1 Å². The van der Waals surface area contributed by atoms with Crippen molar-refractivity contribution in [1.82, 2.24) is 0 Å². The third kappa shape index (κ3) is 7.90. The van der Waals surface area contributed by atoms with Crippen LogP contribution in [0.2, 0.25) is 0 Å². The van der Waals surface area contributed by atoms with E-state index in [1.54, 1.807) is 0 Å². The van der Waals surface area contributed by atoms with Crippen LogP contribution >= 0.6 is 0 Å². The second-order valence-electron chi connectivity index (χ2n) is 3.38. The summed E-state index contributed by atoms with van der Waals surface area (Å²) < 4.78 is 0. The molecule has 0 fully saturated rings. The van der Waals surface area contributed by atoms with Gasteiger partial charge < -0.3 is 0 Å². The monoisotopic (exact) mass is 154 g/mol. The first-order valence-corrected chi connectivity index (χ1v) is 4.92. The highest BCUT2D eigenvalue weighted by Gasteiger charge is 1.98. The Kier molecular flexibility index (Phi) is 8.10. The SMILES string of the molecule is [CH2]CCC(C)CCC[CH]CC. The van der Waals surface area contributed by atoms with E-state index in [2.05, 4.69) is 27.2 Å². The van der Waals surface area contributed by atoms with Crippen LogP contribution in [0, 0.1) is 19.3 Å². The summed E-state index contributed by atoms with van der Waals surface area (Å²) in [5, 5.41) is 0. The molecule has 1 atom stereocenters. The van der Waals surface area contributed by atoms with Gasteiger partial charge in [0.2, 0.25) is 0 Å². The molecule has 0 saturated carbocycles. The number of rotatable bonds is 7. The van der Waals surface area contributed by atoms with Gasteiger partial charge in [-0.05, 0) is 12.3 Å². The predicted molar refractivity (Wildman–Crippen MR) is 52.2 cm³/mol. The van der Waals surface area contributed by atoms with Gasteiger partial charge in [0.1, 0.15) is 0 Å². The molecule has 0 spiro atoms. The zero-order valence-electron chi connectivity index (χ0n) is 8.10. The zero-order chi connectivity index (χ0) is 8.53. The van der Waals surface area contributed by atoms with Gasteiger partial charge in [-0.3, -0.25) is 0 Å². The van der Waals surface area contributed by atoms with Crippen molar-refractivity contribution in [2.24, 2.45) is 5.92 Å². The fourth-order valence-corrected chi connectivity index (χ4v) is 1.31. The van der Waals surface area contributed by atoms with Crippen molar-refractivity contribution >= 4 is 0 Å². The molecule has 1 unspecified atom stereocenters. The Labute approximate surface area is 72.4 Å². The van der Waals surface area contributed by atoms with E-state index in [-0.39, 0.29) is 0 Å². The normalized spacial score (nSPS) is 13.4. The van der Waals surface area contributed by atoms with E-state index in [0.29, 0.717) is 0 Å². The van der Waals surface area contributed by atoms with Gasteiger partial charge in [0.15, 0.2) is 0 Å². The minimum atomic E-state index is 0.887. The average molecular weight is 154 g/mol. The lowest BCUT2D eigenvalue weighted by Gasteiger charge is -2.08. The zero-order valence-corrected chi connectivity index (χ0v) is 8.10. The number of unbranched alkanes of at least 4 members (excludes halogenated alkanes) is 3. The molecule has 11 heavy (non-hydrogen) atoms. The molecule has 0 aliphatic carbocycles. The van der Waals surface area contributed by atoms with Crippen molar-refractivity contribution in [3.8, 4) is 0 Å². The number of hydrogen-bond acceptors (Lipinski definition) is 0. The van der Waals surface area contributed by atoms with Gasteiger partial charge in [-0.15, -0.1) is 0 Å². The smallest absolute Gasteiger partial charge is 0.0389 e. The quantitative estimate of drug-likeness (QED) is 0.486. The first-order valence-electron chi connectivity index (χ1n) is 4.92. The highest BCUT2D eigenvalue weighted by molar-refractivity contribution is 4.63. The second kappa shape index (κ2) is 8.10. The topological polar surface area (TPSA) is 0 Å². The van der Waals surface area contributed by atoms with Crippen LogP contribution in [0.5, 0.6) is 0 Å². The van der Waals surface area contributed by atoms with Crippen LogP contribution in [0.4, 0.5) is 0 Å². The third-order valence-electron chi connectivity index (χ3n) is 2.09. The Balaban J connectivity index is 2.97. The maximum Gasteiger partial charge on any atom is -0.0389 e. The fourth-order valence-electron chi connectivity index (χ4n) is 1.31. The van der Waals surface area contributed by atoms with Crippen LogP contribution in [0.15, 0.2) is 0 Å². The van der Waals surface area contributed by atoms with Crippen molar-refractivity contribution in [2.45, 2.75) is 52.4 Å². The van der Waals surface area contributed by atoms with E-state index in [1.807, 2.05) is 0 Å². The molecule has 0 bridgehead atoms. The summed E-state index contributed by atoms with van der Waals surface area (Å²) in [4.78, 5) is 0. The molecule has 0 aromatic heterocycles. The summed E-state index contributed by atoms with van der Waals surface area (Å²) in [7, 11) is 0. The van der Waals surface area contributed by atoms with Crippen LogP contribution in [0.25, 0.3) is 0 Å². The lowest BCUT2D eigenvalue weighted by molar-refractivity contribution is 0.476. The van der Waals surface area contributed by atoms with Crippen LogP contribution in [-0.2, 0) is 0 Å². The Morgan fingerprint density at radius 3 is 2.64 bits per heavy atom. The first kappa shape index (κ1) is 11.0. The highest BCUT2D eigenvalue weighted by atomic mass is 14.0. The molecule has 0 heterocycles. The highest BCUT2D eigenvalue weighted by Crippen LogP contribution is 2.14. The van der Waals surface area contributed by atoms with E-state index < -0.39 is 0 Å². The third-order valence-corrected chi connectivity index (χ3v) is 2.09. The van der Waals surface area contributed by atoms with Gasteiger partial charge >= 0.3 is 0 Å². The summed E-state index contributed by atoms with van der Waals surface area (Å²) >= 11 is 0. The molecule has 0 aromatic carbocycles. The molecule has 0 rings (SSSR count). The summed E-state index contributed by atoms with van der Waals surface area (Å²) in [6.07, 6.45) is 10.0. The predicted octanol–water partition coefficient (Wildman–Crippen LogP) is 4.02. The molecule has 0 saturated heterocycles. The molecule has 0 amide bonds. The van der Waals surface area contributed by atoms with Crippen molar-refractivity contribution < 1.29 is 0 Å². The van der Waals surface area contributed by atoms with Crippen molar-refractivity contribution in [3.05, 3.63) is 13.3 Å². The van der Waals surface area contributed by atoms with E-state index in [4.69, 9.17) is 0 Å². The van der Waals surface area contributed by atoms with Crippen molar-refractivity contribution in [1.29, 1.82) is 0 Å². The molecule has 2 radical (unpaired) electrons. The van der Waals surface area contributed by atoms with Crippen LogP contribution in [-0.4, -0.2) is 0 Å². The van der Waals surface area contributed by atoms with Crippen LogP contribution < -0.4 is 0 Å². The average Bonchev–Trinajstić information content (AvgIpc) is 1.99. The molecule has 0 aromatic rings. The second-order valence-corrected chi connectivity index (χ2v) is 3.38. The molecular weight excluding hydrogens is 132 g/mol. The van der Waals surface area contributed by atoms with Crippen molar-refractivity contribution in [2.75, 3.05) is 0 Å². The maximum atomic E-state index is 3.86. The van der Waals surface area contributed by atoms with Gasteiger partial charge in [-0.25, -0.2) is 0 Å². The minimum absolute atomic E-state index is 0.887. The van der Waals surface area contributed by atoms with Gasteiger partial charge in [0.25, 0.3) is 0 Å². The Morgan fingerprint density at radius 2 is 2.09 bits per heavy atom. The van der Waals surface area contributed by atoms with E-state index in [0.717, 1.165) is 12.3 Å². The summed E-state index contributed by atoms with van der Waals surface area (Å²) in [5.74, 6) is 0.887. The fraction of sp³-hybridized carbons (Fsp3) is 0.818. The molecular formula is C11H22. The first-order chi connectivity index (χ1) is 5.31. The molecule has 0 nitrogen and oxygen atoms in total. The van der Waals surface area contributed by atoms with Crippen LogP contribution in [0.1, 0.15) is 52.4 Å². The molecule has 0 aliphatic heterocycles. The van der Waals surface area contributed by atoms with Gasteiger partial charge in [0, 0.05) is 0 Å². The largest absolute Gasteiger partial charge is 0.0651 e. The summed E-state index contributed by atoms with van der Waals surface area (Å²) in [6.45, 7) is 8.40. The molecule has 0 N–H and O–H groups in total.